The van der Waals surface area contributed by atoms with Gasteiger partial charge in [-0.05, 0) is 72.3 Å². The van der Waals surface area contributed by atoms with Crippen molar-refractivity contribution in [2.24, 2.45) is 5.92 Å². The average Bonchev–Trinajstić information content (AvgIpc) is 3.72. The van der Waals surface area contributed by atoms with Crippen LogP contribution in [0.2, 0.25) is 25.7 Å². The highest BCUT2D eigenvalue weighted by molar-refractivity contribution is 7.93. The Balaban J connectivity index is 1.55. The lowest BCUT2D eigenvalue weighted by atomic mass is 9.80. The smallest absolute Gasteiger partial charge is 0.289 e. The van der Waals surface area contributed by atoms with Crippen molar-refractivity contribution in [1.29, 1.82) is 5.26 Å². The van der Waals surface area contributed by atoms with Gasteiger partial charge in [-0.3, -0.25) is 14.4 Å². The molecule has 0 aliphatic heterocycles. The van der Waals surface area contributed by atoms with Gasteiger partial charge in [-0.25, -0.2) is 18.1 Å². The Morgan fingerprint density at radius 2 is 1.96 bits per heavy atom. The second kappa shape index (κ2) is 13.0. The van der Waals surface area contributed by atoms with Gasteiger partial charge in [0.15, 0.2) is 17.0 Å². The molecule has 0 spiro atoms. The molecular formula is C34H36N6O6SSi. The van der Waals surface area contributed by atoms with Gasteiger partial charge in [-0.2, -0.15) is 10.4 Å². The average molecular weight is 685 g/mol. The third-order valence-corrected chi connectivity index (χ3v) is 12.3. The minimum atomic E-state index is -4.54. The van der Waals surface area contributed by atoms with E-state index in [9.17, 15) is 23.8 Å². The third kappa shape index (κ3) is 6.36. The first-order chi connectivity index (χ1) is 22.9. The van der Waals surface area contributed by atoms with E-state index in [-0.39, 0.29) is 12.6 Å². The Bertz CT molecular complexity index is 2140. The predicted molar refractivity (Wildman–Crippen MR) is 183 cm³/mol. The standard InChI is InChI=1S/C34H36N6O6SSi/c1-23-9-11-25-17-24(19-35)10-13-27(25)34(23)39(47(43,44)32-8-6-5-7-30(32)40(41)42)26-12-14-29-28(18-26)33(31-20-36-21-46-31)37-38(29)22-45-15-16-48(2,3)4/h5-8,10,12-14,17-18,20-21,23,34H,9,11,15-16,22H2,1-4H3. The Morgan fingerprint density at radius 3 is 2.67 bits per heavy atom. The van der Waals surface area contributed by atoms with Crippen LogP contribution in [0.25, 0.3) is 22.4 Å². The molecule has 0 fully saturated rings. The fourth-order valence-corrected chi connectivity index (χ4v) is 8.85. The molecule has 0 N–H and O–H groups in total. The van der Waals surface area contributed by atoms with Gasteiger partial charge in [0.05, 0.1) is 40.0 Å². The maximum Gasteiger partial charge on any atom is 0.289 e. The van der Waals surface area contributed by atoms with Crippen molar-refractivity contribution in [3.05, 3.63) is 100 Å². The molecule has 2 unspecified atom stereocenters. The molecule has 1 aliphatic carbocycles. The van der Waals surface area contributed by atoms with Crippen LogP contribution in [-0.4, -0.2) is 42.8 Å². The van der Waals surface area contributed by atoms with E-state index in [0.717, 1.165) is 17.2 Å². The van der Waals surface area contributed by atoms with Crippen LogP contribution in [0.15, 0.2) is 82.6 Å². The van der Waals surface area contributed by atoms with Gasteiger partial charge in [-0.1, -0.05) is 44.8 Å². The number of fused-ring (bicyclic) bond motifs is 2. The Hall–Kier alpha value is -4.84. The summed E-state index contributed by atoms with van der Waals surface area (Å²) >= 11 is 0. The Kier molecular flexibility index (Phi) is 8.95. The summed E-state index contributed by atoms with van der Waals surface area (Å²) in [5, 5.41) is 27.1. The number of anilines is 1. The van der Waals surface area contributed by atoms with Crippen LogP contribution in [0.4, 0.5) is 11.4 Å². The van der Waals surface area contributed by atoms with Crippen molar-refractivity contribution < 1.29 is 22.5 Å². The Morgan fingerprint density at radius 1 is 1.17 bits per heavy atom. The topological polar surface area (TPSA) is 157 Å². The van der Waals surface area contributed by atoms with Gasteiger partial charge in [-0.15, -0.1) is 0 Å². The number of para-hydroxylation sites is 1. The lowest BCUT2D eigenvalue weighted by Gasteiger charge is -2.40. The van der Waals surface area contributed by atoms with Crippen LogP contribution in [-0.2, 0) is 27.9 Å². The molecular weight excluding hydrogens is 649 g/mol. The number of aryl methyl sites for hydroxylation is 1. The molecule has 0 saturated carbocycles. The van der Waals surface area contributed by atoms with Crippen LogP contribution in [0, 0.1) is 27.4 Å². The van der Waals surface area contributed by atoms with Crippen LogP contribution in [0.5, 0.6) is 0 Å². The lowest BCUT2D eigenvalue weighted by molar-refractivity contribution is -0.387. The highest BCUT2D eigenvalue weighted by atomic mass is 32.2. The molecule has 0 radical (unpaired) electrons. The van der Waals surface area contributed by atoms with E-state index in [1.165, 1.54) is 35.0 Å². The molecule has 2 atom stereocenters. The Labute approximate surface area is 279 Å². The molecule has 0 bridgehead atoms. The fraction of sp³-hybridized carbons (Fsp3) is 0.324. The SMILES string of the molecule is CC1CCc2cc(C#N)ccc2C1N(c1ccc2c(c1)c(-c1cnco1)nn2COCC[Si](C)(C)C)S(=O)(=O)c1ccccc1[N+](=O)[O-]. The molecule has 2 aromatic heterocycles. The summed E-state index contributed by atoms with van der Waals surface area (Å²) in [6.07, 6.45) is 4.16. The number of nitro benzene ring substituents is 1. The summed E-state index contributed by atoms with van der Waals surface area (Å²) in [5.74, 6) is 0.224. The van der Waals surface area contributed by atoms with Crippen LogP contribution in [0.3, 0.4) is 0 Å². The number of rotatable bonds is 11. The fourth-order valence-electron chi connectivity index (χ4n) is 6.21. The minimum absolute atomic E-state index is 0.171. The zero-order valence-corrected chi connectivity index (χ0v) is 29.0. The first-order valence-electron chi connectivity index (χ1n) is 15.7. The first kappa shape index (κ1) is 33.1. The summed E-state index contributed by atoms with van der Waals surface area (Å²) in [6.45, 7) is 9.58. The number of oxazole rings is 1. The molecule has 1 aliphatic rings. The van der Waals surface area contributed by atoms with Crippen molar-refractivity contribution in [2.75, 3.05) is 10.9 Å². The van der Waals surface area contributed by atoms with Gasteiger partial charge in [0.25, 0.3) is 15.7 Å². The summed E-state index contributed by atoms with van der Waals surface area (Å²) < 4.78 is 44.4. The molecule has 5 aromatic rings. The summed E-state index contributed by atoms with van der Waals surface area (Å²) in [6, 6.07) is 18.3. The van der Waals surface area contributed by atoms with Crippen molar-refractivity contribution in [2.45, 2.75) is 63.1 Å². The predicted octanol–water partition coefficient (Wildman–Crippen LogP) is 7.30. The van der Waals surface area contributed by atoms with E-state index in [0.29, 0.717) is 53.1 Å². The zero-order valence-electron chi connectivity index (χ0n) is 27.2. The number of nitro groups is 1. The minimum Gasteiger partial charge on any atom is -0.442 e. The third-order valence-electron chi connectivity index (χ3n) is 8.71. The molecule has 0 amide bonds. The maximum absolute atomic E-state index is 14.8. The molecule has 12 nitrogen and oxygen atoms in total. The molecule has 248 valence electrons. The van der Waals surface area contributed by atoms with E-state index >= 15 is 0 Å². The van der Waals surface area contributed by atoms with Gasteiger partial charge < -0.3 is 9.15 Å². The van der Waals surface area contributed by atoms with E-state index in [2.05, 4.69) is 30.7 Å². The second-order valence-corrected chi connectivity index (χ2v) is 20.7. The van der Waals surface area contributed by atoms with Crippen molar-refractivity contribution in [1.82, 2.24) is 14.8 Å². The molecule has 2 heterocycles. The van der Waals surface area contributed by atoms with Crippen molar-refractivity contribution in [3.8, 4) is 17.5 Å². The van der Waals surface area contributed by atoms with E-state index in [4.69, 9.17) is 14.3 Å². The van der Waals surface area contributed by atoms with E-state index in [1.807, 2.05) is 6.92 Å². The molecule has 0 saturated heterocycles. The first-order valence-corrected chi connectivity index (χ1v) is 20.8. The van der Waals surface area contributed by atoms with Gasteiger partial charge in [0, 0.05) is 26.1 Å². The quantitative estimate of drug-likeness (QED) is 0.0602. The number of nitriles is 1. The number of aromatic nitrogens is 3. The second-order valence-electron chi connectivity index (χ2n) is 13.3. The highest BCUT2D eigenvalue weighted by Crippen LogP contribution is 2.46. The number of ether oxygens (including phenoxy) is 1. The van der Waals surface area contributed by atoms with Crippen LogP contribution >= 0.6 is 0 Å². The van der Waals surface area contributed by atoms with Crippen molar-refractivity contribution in [3.63, 3.8) is 0 Å². The van der Waals surface area contributed by atoms with Crippen LogP contribution < -0.4 is 4.31 Å². The number of hydrogen-bond acceptors (Lipinski definition) is 9. The highest BCUT2D eigenvalue weighted by Gasteiger charge is 2.41. The molecule has 14 heteroatoms. The normalized spacial score (nSPS) is 16.4. The number of sulfonamides is 1. The molecule has 6 rings (SSSR count). The number of benzene rings is 3. The van der Waals surface area contributed by atoms with Gasteiger partial charge in [0.2, 0.25) is 0 Å². The monoisotopic (exact) mass is 684 g/mol. The van der Waals surface area contributed by atoms with E-state index < -0.39 is 39.6 Å². The maximum atomic E-state index is 14.8. The lowest BCUT2D eigenvalue weighted by Crippen LogP contribution is -2.40. The van der Waals surface area contributed by atoms with Gasteiger partial charge in [0.1, 0.15) is 12.4 Å². The molecule has 48 heavy (non-hydrogen) atoms. The van der Waals surface area contributed by atoms with E-state index in [1.54, 1.807) is 47.3 Å². The van der Waals surface area contributed by atoms with Crippen molar-refractivity contribution >= 4 is 40.4 Å². The molecule has 3 aromatic carbocycles. The largest absolute Gasteiger partial charge is 0.442 e. The summed E-state index contributed by atoms with van der Waals surface area (Å²) in [7, 11) is -5.85. The summed E-state index contributed by atoms with van der Waals surface area (Å²) in [4.78, 5) is 15.1. The van der Waals surface area contributed by atoms with Crippen LogP contribution in [0.1, 0.15) is 36.1 Å². The van der Waals surface area contributed by atoms with Gasteiger partial charge >= 0.3 is 0 Å². The number of nitrogens with zero attached hydrogens (tertiary/aromatic N) is 6. The zero-order chi connectivity index (χ0) is 34.2. The summed E-state index contributed by atoms with van der Waals surface area (Å²) in [5.41, 5.74) is 3.03. The number of hydrogen-bond donors (Lipinski definition) is 0.